The molecule has 1 aromatic rings. The van der Waals surface area contributed by atoms with E-state index in [1.54, 1.807) is 31.2 Å². The second kappa shape index (κ2) is 5.29. The van der Waals surface area contributed by atoms with Crippen LogP contribution in [0.15, 0.2) is 33.6 Å². The van der Waals surface area contributed by atoms with Crippen LogP contribution < -0.4 is 0 Å². The van der Waals surface area contributed by atoms with Crippen molar-refractivity contribution in [1.82, 2.24) is 4.90 Å². The van der Waals surface area contributed by atoms with Gasteiger partial charge in [0, 0.05) is 11.0 Å². The topological polar surface area (TPSA) is 37.4 Å². The van der Waals surface area contributed by atoms with Crippen LogP contribution in [0.1, 0.15) is 6.92 Å². The van der Waals surface area contributed by atoms with Gasteiger partial charge in [-0.1, -0.05) is 15.9 Å². The molecule has 0 aliphatic heterocycles. The molecule has 0 N–H and O–H groups in total. The van der Waals surface area contributed by atoms with Crippen LogP contribution in [0.2, 0.25) is 0 Å². The van der Waals surface area contributed by atoms with E-state index >= 15 is 0 Å². The Morgan fingerprint density at radius 2 is 1.75 bits per heavy atom. The molecule has 0 aliphatic carbocycles. The van der Waals surface area contributed by atoms with E-state index in [4.69, 9.17) is 0 Å². The average Bonchev–Trinajstić information content (AvgIpc) is 2.17. The van der Waals surface area contributed by atoms with Gasteiger partial charge in [0.2, 0.25) is 0 Å². The van der Waals surface area contributed by atoms with Gasteiger partial charge in [-0.25, -0.2) is 8.42 Å². The highest BCUT2D eigenvalue weighted by Crippen LogP contribution is 2.19. The number of nitrogens with zero attached hydrogens (tertiary/aromatic N) is 1. The summed E-state index contributed by atoms with van der Waals surface area (Å²) < 4.78 is 25.2. The molecular formula is C11H16BrNO2S. The van der Waals surface area contributed by atoms with Gasteiger partial charge < -0.3 is 4.90 Å². The summed E-state index contributed by atoms with van der Waals surface area (Å²) in [6.45, 7) is 2.26. The fraction of sp³-hybridized carbons (Fsp3) is 0.455. The van der Waals surface area contributed by atoms with Crippen LogP contribution in [-0.4, -0.2) is 39.2 Å². The summed E-state index contributed by atoms with van der Waals surface area (Å²) >= 11 is 3.29. The van der Waals surface area contributed by atoms with E-state index in [9.17, 15) is 8.42 Å². The second-order valence-corrected chi connectivity index (χ2v) is 7.35. The maximum absolute atomic E-state index is 12.1. The van der Waals surface area contributed by atoms with E-state index in [1.165, 1.54) is 0 Å². The fourth-order valence-electron chi connectivity index (χ4n) is 1.47. The molecule has 0 spiro atoms. The van der Waals surface area contributed by atoms with Gasteiger partial charge in [-0.05, 0) is 45.3 Å². The van der Waals surface area contributed by atoms with Gasteiger partial charge in [0.15, 0.2) is 9.84 Å². The lowest BCUT2D eigenvalue weighted by Crippen LogP contribution is -2.30. The van der Waals surface area contributed by atoms with Crippen LogP contribution in [0.5, 0.6) is 0 Å². The molecule has 0 fully saturated rings. The SMILES string of the molecule is C[C@@H](CN(C)C)S(=O)(=O)c1ccc(Br)cc1. The van der Waals surface area contributed by atoms with Gasteiger partial charge >= 0.3 is 0 Å². The molecule has 0 saturated heterocycles. The highest BCUT2D eigenvalue weighted by Gasteiger charge is 2.23. The summed E-state index contributed by atoms with van der Waals surface area (Å²) in [7, 11) is 0.524. The Labute approximate surface area is 106 Å². The highest BCUT2D eigenvalue weighted by molar-refractivity contribution is 9.10. The number of sulfone groups is 1. The fourth-order valence-corrected chi connectivity index (χ4v) is 3.21. The van der Waals surface area contributed by atoms with Crippen molar-refractivity contribution in [2.45, 2.75) is 17.1 Å². The summed E-state index contributed by atoms with van der Waals surface area (Å²) in [5, 5.41) is -0.399. The van der Waals surface area contributed by atoms with Gasteiger partial charge in [0.25, 0.3) is 0 Å². The van der Waals surface area contributed by atoms with E-state index in [0.717, 1.165) is 4.47 Å². The average molecular weight is 306 g/mol. The Kier molecular flexibility index (Phi) is 4.52. The molecule has 0 amide bonds. The number of hydrogen-bond acceptors (Lipinski definition) is 3. The molecule has 0 bridgehead atoms. The third-order valence-electron chi connectivity index (χ3n) is 2.29. The van der Waals surface area contributed by atoms with Crippen LogP contribution >= 0.6 is 15.9 Å². The summed E-state index contributed by atoms with van der Waals surface area (Å²) in [6, 6.07) is 6.75. The molecule has 0 saturated carbocycles. The minimum atomic E-state index is -3.21. The zero-order chi connectivity index (χ0) is 12.3. The molecule has 0 heterocycles. The quantitative estimate of drug-likeness (QED) is 0.855. The highest BCUT2D eigenvalue weighted by atomic mass is 79.9. The Bertz CT molecular complexity index is 440. The van der Waals surface area contributed by atoms with E-state index < -0.39 is 15.1 Å². The lowest BCUT2D eigenvalue weighted by atomic mass is 10.4. The van der Waals surface area contributed by atoms with E-state index in [-0.39, 0.29) is 0 Å². The number of rotatable bonds is 4. The van der Waals surface area contributed by atoms with Crippen molar-refractivity contribution in [2.75, 3.05) is 20.6 Å². The van der Waals surface area contributed by atoms with E-state index in [0.29, 0.717) is 11.4 Å². The van der Waals surface area contributed by atoms with Crippen molar-refractivity contribution < 1.29 is 8.42 Å². The Morgan fingerprint density at radius 1 is 1.25 bits per heavy atom. The minimum absolute atomic E-state index is 0.380. The van der Waals surface area contributed by atoms with Crippen molar-refractivity contribution in [1.29, 1.82) is 0 Å². The zero-order valence-electron chi connectivity index (χ0n) is 9.64. The molecule has 90 valence electrons. The number of hydrogen-bond donors (Lipinski definition) is 0. The van der Waals surface area contributed by atoms with Crippen molar-refractivity contribution in [3.8, 4) is 0 Å². The van der Waals surface area contributed by atoms with Crippen LogP contribution in [0.25, 0.3) is 0 Å². The first kappa shape index (κ1) is 13.7. The van der Waals surface area contributed by atoms with Gasteiger partial charge in [0.05, 0.1) is 10.1 Å². The van der Waals surface area contributed by atoms with Gasteiger partial charge in [-0.3, -0.25) is 0 Å². The smallest absolute Gasteiger partial charge is 0.182 e. The predicted molar refractivity (Wildman–Crippen MR) is 69.3 cm³/mol. The zero-order valence-corrected chi connectivity index (χ0v) is 12.0. The standard InChI is InChI=1S/C11H16BrNO2S/c1-9(8-13(2)3)16(14,15)11-6-4-10(12)5-7-11/h4-7,9H,8H2,1-3H3/t9-/m0/s1. The van der Waals surface area contributed by atoms with Crippen LogP contribution in [0.3, 0.4) is 0 Å². The molecule has 0 unspecified atom stereocenters. The van der Waals surface area contributed by atoms with Crippen LogP contribution in [0.4, 0.5) is 0 Å². The summed E-state index contributed by atoms with van der Waals surface area (Å²) in [5.74, 6) is 0. The summed E-state index contributed by atoms with van der Waals surface area (Å²) in [6.07, 6.45) is 0. The van der Waals surface area contributed by atoms with Gasteiger partial charge in [0.1, 0.15) is 0 Å². The lowest BCUT2D eigenvalue weighted by molar-refractivity contribution is 0.405. The lowest BCUT2D eigenvalue weighted by Gasteiger charge is -2.17. The molecule has 0 aliphatic rings. The molecule has 5 heteroatoms. The molecule has 1 rings (SSSR count). The molecule has 1 aromatic carbocycles. The van der Waals surface area contributed by atoms with Crippen LogP contribution in [0, 0.1) is 0 Å². The Morgan fingerprint density at radius 3 is 2.19 bits per heavy atom. The van der Waals surface area contributed by atoms with E-state index in [1.807, 2.05) is 19.0 Å². The monoisotopic (exact) mass is 305 g/mol. The molecule has 3 nitrogen and oxygen atoms in total. The maximum atomic E-state index is 12.1. The van der Waals surface area contributed by atoms with Crippen molar-refractivity contribution in [2.24, 2.45) is 0 Å². The molecule has 0 radical (unpaired) electrons. The molecule has 1 atom stereocenters. The largest absolute Gasteiger partial charge is 0.308 e. The normalized spacial score (nSPS) is 14.1. The molecule has 0 aromatic heterocycles. The molecular weight excluding hydrogens is 290 g/mol. The van der Waals surface area contributed by atoms with Crippen molar-refractivity contribution >= 4 is 25.8 Å². The van der Waals surface area contributed by atoms with E-state index in [2.05, 4.69) is 15.9 Å². The first-order chi connectivity index (χ1) is 7.34. The molecule has 16 heavy (non-hydrogen) atoms. The second-order valence-electron chi connectivity index (χ2n) is 4.07. The first-order valence-electron chi connectivity index (χ1n) is 4.98. The van der Waals surface area contributed by atoms with Crippen molar-refractivity contribution in [3.05, 3.63) is 28.7 Å². The summed E-state index contributed by atoms with van der Waals surface area (Å²) in [4.78, 5) is 2.26. The maximum Gasteiger partial charge on any atom is 0.182 e. The number of halogens is 1. The van der Waals surface area contributed by atoms with Crippen LogP contribution in [-0.2, 0) is 9.84 Å². The first-order valence-corrected chi connectivity index (χ1v) is 7.32. The number of benzene rings is 1. The van der Waals surface area contributed by atoms with Gasteiger partial charge in [-0.15, -0.1) is 0 Å². The summed E-state index contributed by atoms with van der Waals surface area (Å²) in [5.41, 5.74) is 0. The Balaban J connectivity index is 2.97. The van der Waals surface area contributed by atoms with Crippen molar-refractivity contribution in [3.63, 3.8) is 0 Å². The Hall–Kier alpha value is -0.390. The predicted octanol–water partition coefficient (Wildman–Crippen LogP) is 2.17. The third kappa shape index (κ3) is 3.30. The third-order valence-corrected chi connectivity index (χ3v) is 4.96. The minimum Gasteiger partial charge on any atom is -0.308 e. The van der Waals surface area contributed by atoms with Gasteiger partial charge in [-0.2, -0.15) is 0 Å².